The van der Waals surface area contributed by atoms with Gasteiger partial charge in [-0.15, -0.1) is 0 Å². The molecule has 0 aliphatic carbocycles. The Hall–Kier alpha value is -2.51. The van der Waals surface area contributed by atoms with Gasteiger partial charge in [-0.3, -0.25) is 9.78 Å². The average molecular weight is 330 g/mol. The third-order valence-corrected chi connectivity index (χ3v) is 3.01. The topological polar surface area (TPSA) is 42.0 Å². The van der Waals surface area contributed by atoms with E-state index in [4.69, 9.17) is 0 Å². The molecule has 1 amide bonds. The van der Waals surface area contributed by atoms with Crippen LogP contribution in [0.2, 0.25) is 0 Å². The van der Waals surface area contributed by atoms with E-state index < -0.39 is 35.3 Å². The molecule has 1 N–H and O–H groups in total. The van der Waals surface area contributed by atoms with Crippen LogP contribution in [0.3, 0.4) is 0 Å². The Labute approximate surface area is 128 Å². The number of nitrogens with zero attached hydrogens (tertiary/aromatic N) is 1. The summed E-state index contributed by atoms with van der Waals surface area (Å²) in [5.41, 5.74) is -0.581. The molecule has 0 aliphatic heterocycles. The van der Waals surface area contributed by atoms with Crippen molar-refractivity contribution in [1.82, 2.24) is 10.3 Å². The van der Waals surface area contributed by atoms with E-state index in [-0.39, 0.29) is 6.42 Å². The zero-order valence-corrected chi connectivity index (χ0v) is 11.6. The zero-order valence-electron chi connectivity index (χ0n) is 11.6. The van der Waals surface area contributed by atoms with Gasteiger partial charge in [-0.25, -0.2) is 8.78 Å². The first-order chi connectivity index (χ1) is 10.8. The van der Waals surface area contributed by atoms with Crippen LogP contribution in [-0.2, 0) is 11.2 Å². The molecule has 0 saturated heterocycles. The zero-order chi connectivity index (χ0) is 17.0. The molecule has 2 rings (SSSR count). The molecule has 1 atom stereocenters. The minimum atomic E-state index is -4.97. The van der Waals surface area contributed by atoms with Crippen LogP contribution in [0.1, 0.15) is 17.2 Å². The van der Waals surface area contributed by atoms with Crippen molar-refractivity contribution in [3.8, 4) is 0 Å². The second-order valence-corrected chi connectivity index (χ2v) is 4.72. The van der Waals surface area contributed by atoms with Crippen LogP contribution >= 0.6 is 0 Å². The Balaban J connectivity index is 2.23. The lowest BCUT2D eigenvalue weighted by molar-refractivity contribution is -0.163. The first-order valence-corrected chi connectivity index (χ1v) is 6.48. The number of rotatable bonds is 4. The molecule has 0 fully saturated rings. The fraction of sp³-hybridized carbons (Fsp3) is 0.200. The van der Waals surface area contributed by atoms with E-state index in [0.29, 0.717) is 11.6 Å². The predicted molar refractivity (Wildman–Crippen MR) is 71.2 cm³/mol. The summed E-state index contributed by atoms with van der Waals surface area (Å²) in [7, 11) is 0. The van der Waals surface area contributed by atoms with Gasteiger partial charge in [0, 0.05) is 18.0 Å². The summed E-state index contributed by atoms with van der Waals surface area (Å²) in [6, 6.07) is 2.82. The minimum absolute atomic E-state index is 0.364. The van der Waals surface area contributed by atoms with Crippen LogP contribution in [0.25, 0.3) is 0 Å². The summed E-state index contributed by atoms with van der Waals surface area (Å²) in [5, 5.41) is 1.69. The summed E-state index contributed by atoms with van der Waals surface area (Å²) >= 11 is 0. The van der Waals surface area contributed by atoms with Gasteiger partial charge in [-0.1, -0.05) is 18.2 Å². The molecule has 1 heterocycles. The second kappa shape index (κ2) is 6.72. The van der Waals surface area contributed by atoms with Gasteiger partial charge in [-0.05, 0) is 17.7 Å². The lowest BCUT2D eigenvalue weighted by Gasteiger charge is -2.22. The van der Waals surface area contributed by atoms with Gasteiger partial charge in [0.25, 0.3) is 0 Å². The Kier molecular flexibility index (Phi) is 4.92. The van der Waals surface area contributed by atoms with Crippen molar-refractivity contribution in [2.45, 2.75) is 18.6 Å². The van der Waals surface area contributed by atoms with E-state index in [9.17, 15) is 26.7 Å². The highest BCUT2D eigenvalue weighted by Crippen LogP contribution is 2.34. The minimum Gasteiger partial charge on any atom is -0.340 e. The van der Waals surface area contributed by atoms with E-state index in [1.54, 1.807) is 5.32 Å². The number of benzene rings is 1. The number of pyridine rings is 1. The first kappa shape index (κ1) is 16.9. The number of halogens is 5. The molecule has 1 aromatic heterocycles. The number of carbonyl (C=O) groups is 1. The maximum Gasteiger partial charge on any atom is 0.412 e. The summed E-state index contributed by atoms with van der Waals surface area (Å²) in [6.07, 6.45) is -2.57. The fourth-order valence-corrected chi connectivity index (χ4v) is 1.98. The van der Waals surface area contributed by atoms with Crippen LogP contribution in [0.4, 0.5) is 22.0 Å². The fourth-order valence-electron chi connectivity index (χ4n) is 1.98. The Morgan fingerprint density at radius 2 is 1.91 bits per heavy atom. The molecule has 0 radical (unpaired) electrons. The largest absolute Gasteiger partial charge is 0.412 e. The summed E-state index contributed by atoms with van der Waals surface area (Å²) in [6.45, 7) is 0. The van der Waals surface area contributed by atoms with E-state index in [1.165, 1.54) is 24.5 Å². The van der Waals surface area contributed by atoms with E-state index >= 15 is 0 Å². The van der Waals surface area contributed by atoms with E-state index in [2.05, 4.69) is 4.98 Å². The van der Waals surface area contributed by atoms with Crippen molar-refractivity contribution in [1.29, 1.82) is 0 Å². The number of aromatic nitrogens is 1. The quantitative estimate of drug-likeness (QED) is 0.874. The third kappa shape index (κ3) is 4.24. The molecule has 0 spiro atoms. The highest BCUT2D eigenvalue weighted by molar-refractivity contribution is 5.79. The molecule has 122 valence electrons. The van der Waals surface area contributed by atoms with Gasteiger partial charge in [0.15, 0.2) is 17.7 Å². The molecule has 1 unspecified atom stereocenters. The molecule has 2 aromatic rings. The third-order valence-electron chi connectivity index (χ3n) is 3.01. The maximum absolute atomic E-state index is 13.6. The Morgan fingerprint density at radius 1 is 1.17 bits per heavy atom. The lowest BCUT2D eigenvalue weighted by atomic mass is 10.0. The highest BCUT2D eigenvalue weighted by Gasteiger charge is 2.43. The molecule has 0 bridgehead atoms. The number of hydrogen-bond donors (Lipinski definition) is 1. The first-order valence-electron chi connectivity index (χ1n) is 6.48. The van der Waals surface area contributed by atoms with Gasteiger partial charge >= 0.3 is 6.18 Å². The summed E-state index contributed by atoms with van der Waals surface area (Å²) in [4.78, 5) is 15.5. The summed E-state index contributed by atoms with van der Waals surface area (Å²) < 4.78 is 66.1. The monoisotopic (exact) mass is 330 g/mol. The van der Waals surface area contributed by atoms with E-state index in [1.807, 2.05) is 0 Å². The smallest absolute Gasteiger partial charge is 0.340 e. The average Bonchev–Trinajstić information content (AvgIpc) is 2.48. The van der Waals surface area contributed by atoms with Crippen molar-refractivity contribution in [3.05, 3.63) is 65.5 Å². The SMILES string of the molecule is O=C(Cc1cccnc1)NC(c1cccc(F)c1F)C(F)(F)F. The van der Waals surface area contributed by atoms with Crippen molar-refractivity contribution in [3.63, 3.8) is 0 Å². The highest BCUT2D eigenvalue weighted by atomic mass is 19.4. The molecule has 0 saturated carbocycles. The van der Waals surface area contributed by atoms with Gasteiger partial charge in [0.1, 0.15) is 0 Å². The standard InChI is InChI=1S/C15H11F5N2O/c16-11-5-1-4-10(13(11)17)14(15(18,19)20)22-12(23)7-9-3-2-6-21-8-9/h1-6,8,14H,7H2,(H,22,23). The van der Waals surface area contributed by atoms with Gasteiger partial charge in [0.05, 0.1) is 6.42 Å². The van der Waals surface area contributed by atoms with Crippen LogP contribution in [0.5, 0.6) is 0 Å². The van der Waals surface area contributed by atoms with Gasteiger partial charge in [0.2, 0.25) is 5.91 Å². The van der Waals surface area contributed by atoms with E-state index in [0.717, 1.165) is 12.1 Å². The van der Waals surface area contributed by atoms with Crippen LogP contribution in [0.15, 0.2) is 42.7 Å². The van der Waals surface area contributed by atoms with Gasteiger partial charge in [-0.2, -0.15) is 13.2 Å². The number of alkyl halides is 3. The van der Waals surface area contributed by atoms with Gasteiger partial charge < -0.3 is 5.32 Å². The molecule has 0 aliphatic rings. The molecule has 23 heavy (non-hydrogen) atoms. The molecular formula is C15H11F5N2O. The molecule has 1 aromatic carbocycles. The number of nitrogens with one attached hydrogen (secondary N) is 1. The second-order valence-electron chi connectivity index (χ2n) is 4.72. The van der Waals surface area contributed by atoms with Crippen molar-refractivity contribution in [2.75, 3.05) is 0 Å². The number of carbonyl (C=O) groups excluding carboxylic acids is 1. The maximum atomic E-state index is 13.6. The molecule has 8 heteroatoms. The lowest BCUT2D eigenvalue weighted by Crippen LogP contribution is -2.39. The number of amides is 1. The Morgan fingerprint density at radius 3 is 2.52 bits per heavy atom. The summed E-state index contributed by atoms with van der Waals surface area (Å²) in [5.74, 6) is -4.04. The normalized spacial score (nSPS) is 12.7. The Bertz CT molecular complexity index is 688. The van der Waals surface area contributed by atoms with Crippen LogP contribution < -0.4 is 5.32 Å². The number of hydrogen-bond acceptors (Lipinski definition) is 2. The molecular weight excluding hydrogens is 319 g/mol. The van der Waals surface area contributed by atoms with Crippen molar-refractivity contribution >= 4 is 5.91 Å². The predicted octanol–water partition coefficient (Wildman–Crippen LogP) is 3.32. The van der Waals surface area contributed by atoms with Crippen molar-refractivity contribution < 1.29 is 26.7 Å². The van der Waals surface area contributed by atoms with Crippen LogP contribution in [0, 0.1) is 11.6 Å². The van der Waals surface area contributed by atoms with Crippen LogP contribution in [-0.4, -0.2) is 17.1 Å². The van der Waals surface area contributed by atoms with Crippen molar-refractivity contribution in [2.24, 2.45) is 0 Å². The molecule has 3 nitrogen and oxygen atoms in total.